The molecule has 1 aliphatic heterocycles. The van der Waals surface area contributed by atoms with E-state index in [1.54, 1.807) is 11.8 Å². The average molecular weight is 226 g/mol. The molecule has 0 radical (unpaired) electrons. The third kappa shape index (κ3) is 2.53. The second kappa shape index (κ2) is 5.01. The molecule has 4 nitrogen and oxygen atoms in total. The van der Waals surface area contributed by atoms with Gasteiger partial charge in [-0.05, 0) is 6.26 Å². The first kappa shape index (κ1) is 11.0. The molecular weight excluding hydrogens is 208 g/mol. The minimum atomic E-state index is 1.02. The molecule has 0 aliphatic carbocycles. The number of imidazole rings is 1. The van der Waals surface area contributed by atoms with Crippen LogP contribution in [0.1, 0.15) is 5.69 Å². The molecule has 84 valence electrons. The van der Waals surface area contributed by atoms with Crippen LogP contribution in [0.3, 0.4) is 0 Å². The maximum atomic E-state index is 4.38. The van der Waals surface area contributed by atoms with Crippen molar-refractivity contribution in [3.05, 3.63) is 11.9 Å². The van der Waals surface area contributed by atoms with E-state index >= 15 is 0 Å². The normalized spacial score (nSPS) is 18.3. The number of piperazine rings is 1. The van der Waals surface area contributed by atoms with Gasteiger partial charge in [-0.2, -0.15) is 0 Å². The SMILES string of the molecule is CSc1ncc(CN2CCNCC2)n1C. The molecule has 0 amide bonds. The average Bonchev–Trinajstić information content (AvgIpc) is 2.62. The monoisotopic (exact) mass is 226 g/mol. The Hall–Kier alpha value is -0.520. The number of hydrogen-bond acceptors (Lipinski definition) is 4. The van der Waals surface area contributed by atoms with Crippen LogP contribution in [0.15, 0.2) is 11.4 Å². The fourth-order valence-electron chi connectivity index (χ4n) is 1.86. The van der Waals surface area contributed by atoms with E-state index in [9.17, 15) is 0 Å². The first-order chi connectivity index (χ1) is 7.31. The van der Waals surface area contributed by atoms with Crippen molar-refractivity contribution in [3.8, 4) is 0 Å². The molecule has 1 aliphatic rings. The topological polar surface area (TPSA) is 33.1 Å². The van der Waals surface area contributed by atoms with Gasteiger partial charge in [-0.1, -0.05) is 11.8 Å². The number of aromatic nitrogens is 2. The zero-order valence-corrected chi connectivity index (χ0v) is 10.2. The lowest BCUT2D eigenvalue weighted by Gasteiger charge is -2.27. The highest BCUT2D eigenvalue weighted by Gasteiger charge is 2.13. The van der Waals surface area contributed by atoms with Crippen molar-refractivity contribution >= 4 is 11.8 Å². The molecule has 0 saturated carbocycles. The largest absolute Gasteiger partial charge is 0.325 e. The van der Waals surface area contributed by atoms with Crippen molar-refractivity contribution in [1.29, 1.82) is 0 Å². The fourth-order valence-corrected chi connectivity index (χ4v) is 2.41. The van der Waals surface area contributed by atoms with E-state index in [0.717, 1.165) is 37.9 Å². The summed E-state index contributed by atoms with van der Waals surface area (Å²) >= 11 is 1.70. The van der Waals surface area contributed by atoms with Crippen LogP contribution in [0.4, 0.5) is 0 Å². The molecule has 0 bridgehead atoms. The van der Waals surface area contributed by atoms with Crippen molar-refractivity contribution in [2.45, 2.75) is 11.7 Å². The minimum Gasteiger partial charge on any atom is -0.325 e. The maximum absolute atomic E-state index is 4.38. The second-order valence-corrected chi connectivity index (χ2v) is 4.59. The number of rotatable bonds is 3. The van der Waals surface area contributed by atoms with Gasteiger partial charge < -0.3 is 9.88 Å². The highest BCUT2D eigenvalue weighted by Crippen LogP contribution is 2.15. The molecule has 0 aromatic carbocycles. The van der Waals surface area contributed by atoms with E-state index in [1.165, 1.54) is 5.69 Å². The van der Waals surface area contributed by atoms with E-state index in [2.05, 4.69) is 33.1 Å². The molecule has 0 atom stereocenters. The first-order valence-corrected chi connectivity index (χ1v) is 6.51. The standard InChI is InChI=1S/C10H18N4S/c1-13-9(7-12-10(13)15-2)8-14-5-3-11-4-6-14/h7,11H,3-6,8H2,1-2H3. The highest BCUT2D eigenvalue weighted by molar-refractivity contribution is 7.98. The molecular formula is C10H18N4S. The summed E-state index contributed by atoms with van der Waals surface area (Å²) in [6.07, 6.45) is 4.06. The van der Waals surface area contributed by atoms with Gasteiger partial charge in [0.2, 0.25) is 0 Å². The van der Waals surface area contributed by atoms with Crippen molar-refractivity contribution in [1.82, 2.24) is 19.8 Å². The molecule has 0 spiro atoms. The van der Waals surface area contributed by atoms with Crippen molar-refractivity contribution in [2.24, 2.45) is 7.05 Å². The molecule has 5 heteroatoms. The Labute approximate surface area is 95.1 Å². The molecule has 1 N–H and O–H groups in total. The lowest BCUT2D eigenvalue weighted by molar-refractivity contribution is 0.228. The number of nitrogens with zero attached hydrogens (tertiary/aromatic N) is 3. The zero-order chi connectivity index (χ0) is 10.7. The highest BCUT2D eigenvalue weighted by atomic mass is 32.2. The summed E-state index contributed by atoms with van der Waals surface area (Å²) in [5.41, 5.74) is 1.31. The summed E-state index contributed by atoms with van der Waals surface area (Å²) in [7, 11) is 2.09. The van der Waals surface area contributed by atoms with E-state index in [0.29, 0.717) is 0 Å². The van der Waals surface area contributed by atoms with Crippen molar-refractivity contribution in [2.75, 3.05) is 32.4 Å². The Morgan fingerprint density at radius 1 is 1.47 bits per heavy atom. The van der Waals surface area contributed by atoms with Crippen LogP contribution in [0.2, 0.25) is 0 Å². The van der Waals surface area contributed by atoms with Gasteiger partial charge >= 0.3 is 0 Å². The van der Waals surface area contributed by atoms with Crippen molar-refractivity contribution < 1.29 is 0 Å². The van der Waals surface area contributed by atoms with Crippen LogP contribution < -0.4 is 5.32 Å². The summed E-state index contributed by atoms with van der Waals surface area (Å²) < 4.78 is 2.19. The van der Waals surface area contributed by atoms with Gasteiger partial charge in [0.15, 0.2) is 5.16 Å². The minimum absolute atomic E-state index is 1.02. The fraction of sp³-hybridized carbons (Fsp3) is 0.700. The summed E-state index contributed by atoms with van der Waals surface area (Å²) in [5, 5.41) is 4.46. The van der Waals surface area contributed by atoms with Crippen LogP contribution >= 0.6 is 11.8 Å². The van der Waals surface area contributed by atoms with Crippen LogP contribution in [-0.2, 0) is 13.6 Å². The zero-order valence-electron chi connectivity index (χ0n) is 9.36. The molecule has 0 unspecified atom stereocenters. The molecule has 1 aromatic rings. The molecule has 1 fully saturated rings. The molecule has 1 saturated heterocycles. The van der Waals surface area contributed by atoms with Gasteiger partial charge in [0, 0.05) is 39.8 Å². The Bertz CT molecular complexity index is 317. The van der Waals surface area contributed by atoms with Crippen LogP contribution in [0, 0.1) is 0 Å². The van der Waals surface area contributed by atoms with Crippen molar-refractivity contribution in [3.63, 3.8) is 0 Å². The summed E-state index contributed by atoms with van der Waals surface area (Å²) in [6, 6.07) is 0. The molecule has 2 rings (SSSR count). The number of nitrogens with one attached hydrogen (secondary N) is 1. The van der Waals surface area contributed by atoms with Crippen LogP contribution in [0.25, 0.3) is 0 Å². The van der Waals surface area contributed by atoms with E-state index in [4.69, 9.17) is 0 Å². The maximum Gasteiger partial charge on any atom is 0.167 e. The van der Waals surface area contributed by atoms with E-state index < -0.39 is 0 Å². The number of thioether (sulfide) groups is 1. The molecule has 1 aromatic heterocycles. The Kier molecular flexibility index (Phi) is 3.66. The summed E-state index contributed by atoms with van der Waals surface area (Å²) in [4.78, 5) is 6.85. The molecule has 2 heterocycles. The molecule has 15 heavy (non-hydrogen) atoms. The van der Waals surface area contributed by atoms with E-state index in [1.807, 2.05) is 6.20 Å². The quantitative estimate of drug-likeness (QED) is 0.763. The lowest BCUT2D eigenvalue weighted by atomic mass is 10.3. The van der Waals surface area contributed by atoms with Gasteiger partial charge in [-0.15, -0.1) is 0 Å². The first-order valence-electron chi connectivity index (χ1n) is 5.29. The Morgan fingerprint density at radius 2 is 2.20 bits per heavy atom. The smallest absolute Gasteiger partial charge is 0.167 e. The third-order valence-electron chi connectivity index (χ3n) is 2.82. The van der Waals surface area contributed by atoms with Gasteiger partial charge in [-0.3, -0.25) is 4.90 Å². The lowest BCUT2D eigenvalue weighted by Crippen LogP contribution is -2.43. The van der Waals surface area contributed by atoms with E-state index in [-0.39, 0.29) is 0 Å². The van der Waals surface area contributed by atoms with Gasteiger partial charge in [0.25, 0.3) is 0 Å². The Balaban J connectivity index is 2.00. The van der Waals surface area contributed by atoms with Gasteiger partial charge in [0.1, 0.15) is 0 Å². The van der Waals surface area contributed by atoms with Gasteiger partial charge in [-0.25, -0.2) is 4.98 Å². The number of hydrogen-bond donors (Lipinski definition) is 1. The van der Waals surface area contributed by atoms with Crippen LogP contribution in [0.5, 0.6) is 0 Å². The predicted octanol–water partition coefficient (Wildman–Crippen LogP) is 0.547. The summed E-state index contributed by atoms with van der Waals surface area (Å²) in [6.45, 7) is 5.51. The second-order valence-electron chi connectivity index (χ2n) is 3.82. The summed E-state index contributed by atoms with van der Waals surface area (Å²) in [5.74, 6) is 0. The third-order valence-corrected chi connectivity index (χ3v) is 3.56. The van der Waals surface area contributed by atoms with Crippen LogP contribution in [-0.4, -0.2) is 46.9 Å². The Morgan fingerprint density at radius 3 is 2.80 bits per heavy atom. The predicted molar refractivity (Wildman–Crippen MR) is 63.1 cm³/mol. The van der Waals surface area contributed by atoms with Gasteiger partial charge in [0.05, 0.1) is 11.9 Å².